The highest BCUT2D eigenvalue weighted by Crippen LogP contribution is 2.38. The van der Waals surface area contributed by atoms with Gasteiger partial charge in [0.2, 0.25) is 13.2 Å². The number of likely N-dealkylation sites (tertiary alicyclic amines) is 1. The molecule has 0 spiro atoms. The van der Waals surface area contributed by atoms with Gasteiger partial charge in [0, 0.05) is 19.1 Å². The minimum absolute atomic E-state index is 0.360. The third-order valence-corrected chi connectivity index (χ3v) is 5.05. The zero-order valence-electron chi connectivity index (χ0n) is 16.6. The fourth-order valence-corrected chi connectivity index (χ4v) is 3.39. The molecule has 1 aromatic rings. The molecule has 1 atom stereocenters. The van der Waals surface area contributed by atoms with Gasteiger partial charge in [0.15, 0.2) is 11.5 Å². The SMILES string of the molecule is CCCCN(C=O)CCCC.CN1CCCC1c1ccc2c(c1)OCO2. The summed E-state index contributed by atoms with van der Waals surface area (Å²) in [5, 5.41) is 0. The zero-order chi connectivity index (χ0) is 18.8. The fraction of sp³-hybridized carbons (Fsp3) is 0.667. The molecule has 0 saturated carbocycles. The molecule has 0 N–H and O–H groups in total. The van der Waals surface area contributed by atoms with E-state index >= 15 is 0 Å². The van der Waals surface area contributed by atoms with E-state index in [-0.39, 0.29) is 0 Å². The van der Waals surface area contributed by atoms with Crippen LogP contribution in [0, 0.1) is 0 Å². The van der Waals surface area contributed by atoms with E-state index in [1.165, 1.54) is 24.9 Å². The van der Waals surface area contributed by atoms with Crippen LogP contribution in [0.2, 0.25) is 0 Å². The van der Waals surface area contributed by atoms with Gasteiger partial charge in [0.05, 0.1) is 0 Å². The number of rotatable bonds is 8. The van der Waals surface area contributed by atoms with Gasteiger partial charge in [-0.15, -0.1) is 0 Å². The molecule has 2 heterocycles. The third kappa shape index (κ3) is 5.90. The van der Waals surface area contributed by atoms with Crippen molar-refractivity contribution in [3.63, 3.8) is 0 Å². The first-order valence-corrected chi connectivity index (χ1v) is 9.98. The molecular weight excluding hydrogens is 328 g/mol. The molecule has 0 radical (unpaired) electrons. The van der Waals surface area contributed by atoms with Crippen molar-refractivity contribution in [1.82, 2.24) is 9.80 Å². The lowest BCUT2D eigenvalue weighted by Gasteiger charge is -2.19. The van der Waals surface area contributed by atoms with Crippen molar-refractivity contribution >= 4 is 6.41 Å². The molecule has 0 aliphatic carbocycles. The number of carbonyl (C=O) groups excluding carboxylic acids is 1. The van der Waals surface area contributed by atoms with E-state index in [0.29, 0.717) is 12.8 Å². The summed E-state index contributed by atoms with van der Waals surface area (Å²) >= 11 is 0. The van der Waals surface area contributed by atoms with Gasteiger partial charge in [-0.1, -0.05) is 32.8 Å². The molecule has 3 rings (SSSR count). The second-order valence-corrected chi connectivity index (χ2v) is 7.10. The van der Waals surface area contributed by atoms with E-state index < -0.39 is 0 Å². The van der Waals surface area contributed by atoms with Crippen LogP contribution in [0.4, 0.5) is 0 Å². The molecule has 0 bridgehead atoms. The normalized spacial score (nSPS) is 18.3. The van der Waals surface area contributed by atoms with Crippen molar-refractivity contribution in [3.8, 4) is 11.5 Å². The van der Waals surface area contributed by atoms with Gasteiger partial charge in [0.25, 0.3) is 0 Å². The molecule has 1 fully saturated rings. The Kier molecular flexibility index (Phi) is 8.75. The van der Waals surface area contributed by atoms with E-state index in [0.717, 1.165) is 56.7 Å². The van der Waals surface area contributed by atoms with Gasteiger partial charge >= 0.3 is 0 Å². The number of hydrogen-bond acceptors (Lipinski definition) is 4. The number of unbranched alkanes of at least 4 members (excludes halogenated alkanes) is 2. The van der Waals surface area contributed by atoms with Gasteiger partial charge in [-0.2, -0.15) is 0 Å². The highest BCUT2D eigenvalue weighted by atomic mass is 16.7. The summed E-state index contributed by atoms with van der Waals surface area (Å²) in [6.45, 7) is 7.70. The van der Waals surface area contributed by atoms with E-state index in [9.17, 15) is 4.79 Å². The Morgan fingerprint density at radius 3 is 2.42 bits per heavy atom. The van der Waals surface area contributed by atoms with Crippen molar-refractivity contribution in [1.29, 1.82) is 0 Å². The van der Waals surface area contributed by atoms with Crippen LogP contribution in [-0.2, 0) is 4.79 Å². The van der Waals surface area contributed by atoms with Crippen LogP contribution in [0.3, 0.4) is 0 Å². The number of carbonyl (C=O) groups is 1. The highest BCUT2D eigenvalue weighted by molar-refractivity contribution is 5.46. The molecule has 1 amide bonds. The largest absolute Gasteiger partial charge is 0.454 e. The number of fused-ring (bicyclic) bond motifs is 1. The van der Waals surface area contributed by atoms with Crippen molar-refractivity contribution in [2.24, 2.45) is 0 Å². The molecule has 2 aliphatic heterocycles. The molecule has 1 aromatic carbocycles. The van der Waals surface area contributed by atoms with Crippen LogP contribution < -0.4 is 9.47 Å². The summed E-state index contributed by atoms with van der Waals surface area (Å²) < 4.78 is 10.7. The maximum absolute atomic E-state index is 10.4. The van der Waals surface area contributed by atoms with Crippen molar-refractivity contribution in [2.75, 3.05) is 33.5 Å². The number of benzene rings is 1. The molecular formula is C21H34N2O3. The maximum Gasteiger partial charge on any atom is 0.231 e. The van der Waals surface area contributed by atoms with Crippen LogP contribution in [0.25, 0.3) is 0 Å². The summed E-state index contributed by atoms with van der Waals surface area (Å²) in [5.74, 6) is 1.77. The lowest BCUT2D eigenvalue weighted by Crippen LogP contribution is -2.24. The van der Waals surface area contributed by atoms with Crippen LogP contribution in [-0.4, -0.2) is 49.7 Å². The molecule has 2 aliphatic rings. The third-order valence-electron chi connectivity index (χ3n) is 5.05. The van der Waals surface area contributed by atoms with E-state index in [1.807, 2.05) is 11.0 Å². The zero-order valence-corrected chi connectivity index (χ0v) is 16.6. The predicted octanol–water partition coefficient (Wildman–Crippen LogP) is 4.23. The first-order chi connectivity index (χ1) is 12.7. The Labute approximate surface area is 158 Å². The quantitative estimate of drug-likeness (QED) is 0.649. The van der Waals surface area contributed by atoms with Gasteiger partial charge < -0.3 is 14.4 Å². The van der Waals surface area contributed by atoms with E-state index in [1.54, 1.807) is 0 Å². The predicted molar refractivity (Wildman–Crippen MR) is 105 cm³/mol. The van der Waals surface area contributed by atoms with E-state index in [2.05, 4.69) is 37.9 Å². The van der Waals surface area contributed by atoms with Crippen LogP contribution in [0.15, 0.2) is 18.2 Å². The van der Waals surface area contributed by atoms with E-state index in [4.69, 9.17) is 9.47 Å². The molecule has 26 heavy (non-hydrogen) atoms. The minimum atomic E-state index is 0.360. The van der Waals surface area contributed by atoms with Crippen molar-refractivity contribution in [3.05, 3.63) is 23.8 Å². The smallest absolute Gasteiger partial charge is 0.231 e. The number of amides is 1. The number of hydrogen-bond donors (Lipinski definition) is 0. The average Bonchev–Trinajstić information content (AvgIpc) is 3.30. The second kappa shape index (κ2) is 11.1. The Morgan fingerprint density at radius 2 is 1.85 bits per heavy atom. The van der Waals surface area contributed by atoms with Gasteiger partial charge in [-0.25, -0.2) is 0 Å². The topological polar surface area (TPSA) is 42.0 Å². The second-order valence-electron chi connectivity index (χ2n) is 7.10. The molecule has 1 saturated heterocycles. The number of ether oxygens (including phenoxy) is 2. The summed E-state index contributed by atoms with van der Waals surface area (Å²) in [5.41, 5.74) is 1.35. The highest BCUT2D eigenvalue weighted by Gasteiger charge is 2.24. The molecule has 1 unspecified atom stereocenters. The van der Waals surface area contributed by atoms with Gasteiger partial charge in [-0.05, 0) is 57.0 Å². The van der Waals surface area contributed by atoms with Gasteiger partial charge in [-0.3, -0.25) is 9.69 Å². The number of nitrogens with zero attached hydrogens (tertiary/aromatic N) is 2. The minimum Gasteiger partial charge on any atom is -0.454 e. The average molecular weight is 363 g/mol. The lowest BCUT2D eigenvalue weighted by molar-refractivity contribution is -0.118. The summed E-state index contributed by atoms with van der Waals surface area (Å²) in [6.07, 6.45) is 8.08. The van der Waals surface area contributed by atoms with Gasteiger partial charge in [0.1, 0.15) is 0 Å². The Morgan fingerprint density at radius 1 is 1.15 bits per heavy atom. The molecule has 146 valence electrons. The van der Waals surface area contributed by atoms with Crippen molar-refractivity contribution in [2.45, 2.75) is 58.4 Å². The molecule has 5 heteroatoms. The fourth-order valence-electron chi connectivity index (χ4n) is 3.39. The first-order valence-electron chi connectivity index (χ1n) is 9.98. The standard InChI is InChI=1S/C12H15NO2.C9H19NO/c1-13-6-2-3-10(13)9-4-5-11-12(7-9)15-8-14-11;1-3-5-7-10(9-11)8-6-4-2/h4-5,7,10H,2-3,6,8H2,1H3;9H,3-8H2,1-2H3. The first kappa shape index (κ1) is 20.6. The Balaban J connectivity index is 0.000000199. The molecule has 0 aromatic heterocycles. The van der Waals surface area contributed by atoms with Crippen LogP contribution in [0.5, 0.6) is 11.5 Å². The lowest BCUT2D eigenvalue weighted by atomic mass is 10.0. The summed E-state index contributed by atoms with van der Waals surface area (Å²) in [7, 11) is 2.18. The van der Waals surface area contributed by atoms with Crippen molar-refractivity contribution < 1.29 is 14.3 Å². The Bertz CT molecular complexity index is 542. The van der Waals surface area contributed by atoms with Crippen LogP contribution >= 0.6 is 0 Å². The summed E-state index contributed by atoms with van der Waals surface area (Å²) in [4.78, 5) is 14.7. The van der Waals surface area contributed by atoms with Crippen LogP contribution in [0.1, 0.15) is 64.0 Å². The Hall–Kier alpha value is -1.75. The monoisotopic (exact) mass is 362 g/mol. The summed E-state index contributed by atoms with van der Waals surface area (Å²) in [6, 6.07) is 6.85. The maximum atomic E-state index is 10.4. The molecule has 5 nitrogen and oxygen atoms in total.